The Morgan fingerprint density at radius 2 is 2.25 bits per heavy atom. The van der Waals surface area contributed by atoms with Crippen LogP contribution in [0.15, 0.2) is 40.9 Å². The number of piperidine rings is 1. The summed E-state index contributed by atoms with van der Waals surface area (Å²) in [6, 6.07) is 9.68. The smallest absolute Gasteiger partial charge is 0.317 e. The second-order valence-electron chi connectivity index (χ2n) is 5.81. The van der Waals surface area contributed by atoms with Crippen molar-refractivity contribution < 1.29 is 13.9 Å². The van der Waals surface area contributed by atoms with E-state index in [9.17, 15) is 4.79 Å². The van der Waals surface area contributed by atoms with E-state index in [4.69, 9.17) is 9.15 Å². The Balaban J connectivity index is 1.52. The number of nitrogens with zero attached hydrogens (tertiary/aromatic N) is 2. The van der Waals surface area contributed by atoms with Crippen molar-refractivity contribution in [2.75, 3.05) is 19.7 Å². The Morgan fingerprint density at radius 3 is 3.04 bits per heavy atom. The van der Waals surface area contributed by atoms with Gasteiger partial charge >= 0.3 is 6.03 Å². The zero-order chi connectivity index (χ0) is 16.8. The molecule has 0 radical (unpaired) electrons. The van der Waals surface area contributed by atoms with Crippen molar-refractivity contribution >= 4 is 6.03 Å². The Kier molecular flexibility index (Phi) is 5.48. The van der Waals surface area contributed by atoms with Crippen molar-refractivity contribution in [3.63, 3.8) is 0 Å². The number of aromatic nitrogens is 1. The molecule has 1 aliphatic rings. The molecular formula is C18H23N3O3. The lowest BCUT2D eigenvalue weighted by molar-refractivity contribution is 0.0164. The summed E-state index contributed by atoms with van der Waals surface area (Å²) in [5.74, 6) is 1.20. The first-order valence-corrected chi connectivity index (χ1v) is 8.40. The quantitative estimate of drug-likeness (QED) is 0.915. The predicted octanol–water partition coefficient (Wildman–Crippen LogP) is 3.05. The Bertz CT molecular complexity index is 655. The number of ether oxygens (including phenoxy) is 1. The molecule has 0 saturated carbocycles. The molecule has 1 atom stereocenters. The third kappa shape index (κ3) is 4.14. The second-order valence-corrected chi connectivity index (χ2v) is 5.81. The zero-order valence-electron chi connectivity index (χ0n) is 13.9. The van der Waals surface area contributed by atoms with E-state index < -0.39 is 0 Å². The van der Waals surface area contributed by atoms with E-state index in [1.165, 1.54) is 0 Å². The minimum absolute atomic E-state index is 0.0983. The van der Waals surface area contributed by atoms with Crippen LogP contribution in [0.1, 0.15) is 25.7 Å². The van der Waals surface area contributed by atoms with Crippen molar-refractivity contribution in [3.8, 4) is 11.3 Å². The van der Waals surface area contributed by atoms with Gasteiger partial charge in [0, 0.05) is 25.3 Å². The molecule has 0 bridgehead atoms. The van der Waals surface area contributed by atoms with Gasteiger partial charge in [-0.15, -0.1) is 0 Å². The minimum atomic E-state index is -0.0983. The number of carbonyl (C=O) groups excluding carboxylic acids is 1. The molecular weight excluding hydrogens is 306 g/mol. The van der Waals surface area contributed by atoms with Crippen molar-refractivity contribution in [3.05, 3.63) is 42.4 Å². The van der Waals surface area contributed by atoms with Gasteiger partial charge < -0.3 is 19.4 Å². The summed E-state index contributed by atoms with van der Waals surface area (Å²) in [5.41, 5.74) is 0.971. The molecule has 2 amide bonds. The van der Waals surface area contributed by atoms with Gasteiger partial charge in [-0.2, -0.15) is 0 Å². The largest absolute Gasteiger partial charge is 0.439 e. The van der Waals surface area contributed by atoms with Gasteiger partial charge in [0.15, 0.2) is 5.76 Å². The van der Waals surface area contributed by atoms with E-state index >= 15 is 0 Å². The van der Waals surface area contributed by atoms with Crippen LogP contribution in [0, 0.1) is 0 Å². The Labute approximate surface area is 141 Å². The maximum absolute atomic E-state index is 12.3. The summed E-state index contributed by atoms with van der Waals surface area (Å²) < 4.78 is 11.3. The molecule has 128 valence electrons. The highest BCUT2D eigenvalue weighted by Gasteiger charge is 2.23. The molecule has 6 heteroatoms. The van der Waals surface area contributed by atoms with Gasteiger partial charge in [0.25, 0.3) is 0 Å². The average Bonchev–Trinajstić information content (AvgIpc) is 3.10. The fraction of sp³-hybridized carbons (Fsp3) is 0.444. The van der Waals surface area contributed by atoms with E-state index in [0.717, 1.165) is 24.9 Å². The van der Waals surface area contributed by atoms with E-state index in [-0.39, 0.29) is 18.7 Å². The van der Waals surface area contributed by atoms with Crippen LogP contribution in [0.3, 0.4) is 0 Å². The number of amides is 2. The van der Waals surface area contributed by atoms with Crippen molar-refractivity contribution in [1.29, 1.82) is 0 Å². The Morgan fingerprint density at radius 1 is 1.42 bits per heavy atom. The molecule has 1 saturated heterocycles. The van der Waals surface area contributed by atoms with Crippen LogP contribution in [0.25, 0.3) is 11.3 Å². The molecule has 1 aromatic heterocycles. The molecule has 0 spiro atoms. The number of nitrogens with one attached hydrogen (secondary N) is 1. The lowest BCUT2D eigenvalue weighted by Gasteiger charge is -2.32. The maximum Gasteiger partial charge on any atom is 0.317 e. The maximum atomic E-state index is 12.3. The number of likely N-dealkylation sites (tertiary alicyclic amines) is 1. The van der Waals surface area contributed by atoms with Crippen LogP contribution in [-0.2, 0) is 11.3 Å². The lowest BCUT2D eigenvalue weighted by atomic mass is 10.1. The number of hydrogen-bond donors (Lipinski definition) is 1. The highest BCUT2D eigenvalue weighted by atomic mass is 16.5. The average molecular weight is 329 g/mol. The second kappa shape index (κ2) is 7.97. The number of benzene rings is 1. The number of urea groups is 1. The van der Waals surface area contributed by atoms with Crippen LogP contribution in [0.4, 0.5) is 4.79 Å². The normalized spacial score (nSPS) is 17.7. The molecule has 1 N–H and O–H groups in total. The van der Waals surface area contributed by atoms with Gasteiger partial charge in [-0.1, -0.05) is 30.3 Å². The highest BCUT2D eigenvalue weighted by Crippen LogP contribution is 2.19. The number of hydrogen-bond acceptors (Lipinski definition) is 4. The first-order chi connectivity index (χ1) is 11.8. The molecule has 3 rings (SSSR count). The van der Waals surface area contributed by atoms with Crippen molar-refractivity contribution in [1.82, 2.24) is 15.2 Å². The van der Waals surface area contributed by atoms with Gasteiger partial charge in [0.1, 0.15) is 0 Å². The van der Waals surface area contributed by atoms with Gasteiger partial charge in [-0.3, -0.25) is 0 Å². The molecule has 1 aliphatic heterocycles. The van der Waals surface area contributed by atoms with Gasteiger partial charge in [0.05, 0.1) is 18.8 Å². The number of carbonyl (C=O) groups is 1. The lowest BCUT2D eigenvalue weighted by Crippen LogP contribution is -2.47. The fourth-order valence-electron chi connectivity index (χ4n) is 2.89. The molecule has 1 fully saturated rings. The van der Waals surface area contributed by atoms with Crippen LogP contribution < -0.4 is 5.32 Å². The molecule has 24 heavy (non-hydrogen) atoms. The minimum Gasteiger partial charge on any atom is -0.439 e. The van der Waals surface area contributed by atoms with E-state index in [2.05, 4.69) is 10.3 Å². The fourth-order valence-corrected chi connectivity index (χ4v) is 2.89. The topological polar surface area (TPSA) is 67.6 Å². The van der Waals surface area contributed by atoms with Gasteiger partial charge in [0.2, 0.25) is 5.89 Å². The third-order valence-electron chi connectivity index (χ3n) is 4.07. The zero-order valence-corrected chi connectivity index (χ0v) is 13.9. The molecule has 1 aromatic carbocycles. The Hall–Kier alpha value is -2.34. The van der Waals surface area contributed by atoms with Crippen LogP contribution >= 0.6 is 0 Å². The van der Waals surface area contributed by atoms with Crippen molar-refractivity contribution in [2.45, 2.75) is 32.4 Å². The first kappa shape index (κ1) is 16.5. The van der Waals surface area contributed by atoms with E-state index in [1.807, 2.05) is 37.3 Å². The third-order valence-corrected chi connectivity index (χ3v) is 4.07. The summed E-state index contributed by atoms with van der Waals surface area (Å²) in [7, 11) is 0. The van der Waals surface area contributed by atoms with Gasteiger partial charge in [-0.05, 0) is 19.8 Å². The predicted molar refractivity (Wildman–Crippen MR) is 90.4 cm³/mol. The standard InChI is InChI=1S/C18H23N3O3/c1-2-23-15-9-6-10-21(13-15)18(22)20-12-17-19-11-16(24-17)14-7-4-3-5-8-14/h3-5,7-8,11,15H,2,6,9-10,12-13H2,1H3,(H,20,22)/t15-/m0/s1. The first-order valence-electron chi connectivity index (χ1n) is 8.40. The molecule has 2 aromatic rings. The van der Waals surface area contributed by atoms with E-state index in [0.29, 0.717) is 24.8 Å². The SMILES string of the molecule is CCO[C@H]1CCCN(C(=O)NCc2ncc(-c3ccccc3)o2)C1. The monoisotopic (exact) mass is 329 g/mol. The summed E-state index contributed by atoms with van der Waals surface area (Å²) >= 11 is 0. The van der Waals surface area contributed by atoms with Crippen LogP contribution in [-0.4, -0.2) is 41.7 Å². The molecule has 0 unspecified atom stereocenters. The molecule has 0 aliphatic carbocycles. The van der Waals surface area contributed by atoms with E-state index in [1.54, 1.807) is 11.1 Å². The summed E-state index contributed by atoms with van der Waals surface area (Å²) in [6.07, 6.45) is 3.80. The summed E-state index contributed by atoms with van der Waals surface area (Å²) in [4.78, 5) is 18.3. The number of rotatable bonds is 5. The highest BCUT2D eigenvalue weighted by molar-refractivity contribution is 5.74. The van der Waals surface area contributed by atoms with Gasteiger partial charge in [-0.25, -0.2) is 9.78 Å². The van der Waals surface area contributed by atoms with Crippen LogP contribution in [0.5, 0.6) is 0 Å². The number of oxazole rings is 1. The van der Waals surface area contributed by atoms with Crippen LogP contribution in [0.2, 0.25) is 0 Å². The molecule has 6 nitrogen and oxygen atoms in total. The summed E-state index contributed by atoms with van der Waals surface area (Å²) in [5, 5.41) is 2.87. The van der Waals surface area contributed by atoms with Crippen molar-refractivity contribution in [2.24, 2.45) is 0 Å². The summed E-state index contributed by atoms with van der Waals surface area (Å²) in [6.45, 7) is 4.34. The molecule has 2 heterocycles.